The predicted molar refractivity (Wildman–Crippen MR) is 199 cm³/mol. The minimum absolute atomic E-state index is 0.0304. The average Bonchev–Trinajstić information content (AvgIpc) is 3.36. The van der Waals surface area contributed by atoms with Gasteiger partial charge in [-0.25, -0.2) is 18.2 Å². The molecule has 2 aromatic rings. The second-order valence-corrected chi connectivity index (χ2v) is 13.6. The molecule has 0 radical (unpaired) electrons. The van der Waals surface area contributed by atoms with Crippen LogP contribution in [-0.4, -0.2) is 95.5 Å². The van der Waals surface area contributed by atoms with E-state index in [0.717, 1.165) is 5.01 Å². The zero-order valence-electron chi connectivity index (χ0n) is 30.7. The third-order valence-electron chi connectivity index (χ3n) is 10.2. The molecule has 0 atom stereocenters. The van der Waals surface area contributed by atoms with Crippen LogP contribution in [0.4, 0.5) is 23.2 Å². The summed E-state index contributed by atoms with van der Waals surface area (Å²) in [5.41, 5.74) is -2.20. The first-order chi connectivity index (χ1) is 25.7. The fraction of sp³-hybridized carbons (Fsp3) is 0.410. The van der Waals surface area contributed by atoms with Crippen LogP contribution < -0.4 is 10.1 Å². The number of aliphatic hydroxyl groups excluding tert-OH is 1. The molecule has 0 saturated carbocycles. The molecule has 2 amide bonds. The van der Waals surface area contributed by atoms with Crippen LogP contribution in [0.15, 0.2) is 82.7 Å². The van der Waals surface area contributed by atoms with E-state index in [0.29, 0.717) is 32.8 Å². The van der Waals surface area contributed by atoms with Gasteiger partial charge < -0.3 is 19.9 Å². The monoisotopic (exact) mass is 773 g/mol. The number of carbonyl (C=O) groups excluding carboxylic acids is 2. The van der Waals surface area contributed by atoms with Gasteiger partial charge in [-0.2, -0.15) is 4.39 Å². The van der Waals surface area contributed by atoms with Gasteiger partial charge in [0.2, 0.25) is 5.82 Å². The van der Waals surface area contributed by atoms with Crippen molar-refractivity contribution in [1.29, 1.82) is 0 Å². The van der Waals surface area contributed by atoms with Gasteiger partial charge in [-0.05, 0) is 54.8 Å². The third-order valence-corrected chi connectivity index (χ3v) is 10.4. The zero-order chi connectivity index (χ0) is 39.4. The van der Waals surface area contributed by atoms with Crippen molar-refractivity contribution in [3.63, 3.8) is 0 Å². The number of carbonyl (C=O) groups is 2. The summed E-state index contributed by atoms with van der Waals surface area (Å²) < 4.78 is 71.7. The first kappa shape index (κ1) is 40.7. The summed E-state index contributed by atoms with van der Waals surface area (Å²) in [5.74, 6) is -8.50. The summed E-state index contributed by atoms with van der Waals surface area (Å²) >= 11 is 6.31. The zero-order valence-corrected chi connectivity index (χ0v) is 31.4. The normalized spacial score (nSPS) is 18.4. The largest absolute Gasteiger partial charge is 0.509 e. The second kappa shape index (κ2) is 16.9. The Morgan fingerprint density at radius 2 is 1.83 bits per heavy atom. The van der Waals surface area contributed by atoms with Crippen molar-refractivity contribution in [1.82, 2.24) is 14.9 Å². The van der Waals surface area contributed by atoms with Crippen LogP contribution in [0.1, 0.15) is 51.2 Å². The molecule has 3 heterocycles. The topological polar surface area (TPSA) is 107 Å². The number of hydrogen-bond acceptors (Lipinski definition) is 8. The van der Waals surface area contributed by atoms with Crippen molar-refractivity contribution in [3.8, 4) is 5.75 Å². The number of anilines is 1. The molecule has 0 unspecified atom stereocenters. The van der Waals surface area contributed by atoms with Crippen LogP contribution in [0.2, 0.25) is 5.02 Å². The number of allylic oxidation sites excluding steroid dienone is 4. The maximum atomic E-state index is 15.6. The van der Waals surface area contributed by atoms with Gasteiger partial charge in [0.25, 0.3) is 17.7 Å². The molecule has 0 spiro atoms. The van der Waals surface area contributed by atoms with Gasteiger partial charge in [-0.15, -0.1) is 0 Å². The summed E-state index contributed by atoms with van der Waals surface area (Å²) in [7, 11) is 1.52. The SMILES string of the molecule is C=C1C=CN=C(c2cc(Cl)ccc2NC(=O)C2=C(O)C(CC)(CC)N(C)N(Cc3ccc(OCCN4CCOCC4)c(F)c3F)C2=O)C=C1C(F)(F)CC. The lowest BCUT2D eigenvalue weighted by Crippen LogP contribution is -2.62. The fourth-order valence-corrected chi connectivity index (χ4v) is 6.92. The van der Waals surface area contributed by atoms with Gasteiger partial charge in [0.1, 0.15) is 17.9 Å². The Hall–Kier alpha value is -4.50. The minimum Gasteiger partial charge on any atom is -0.509 e. The second-order valence-electron chi connectivity index (χ2n) is 13.1. The van der Waals surface area contributed by atoms with E-state index >= 15 is 8.78 Å². The van der Waals surface area contributed by atoms with Gasteiger partial charge in [0.05, 0.1) is 36.7 Å². The molecule has 1 saturated heterocycles. The molecule has 2 N–H and O–H groups in total. The van der Waals surface area contributed by atoms with Crippen molar-refractivity contribution >= 4 is 34.8 Å². The van der Waals surface area contributed by atoms with Crippen LogP contribution in [0.3, 0.4) is 0 Å². The summed E-state index contributed by atoms with van der Waals surface area (Å²) in [6.07, 6.45) is 3.75. The molecular formula is C39H44ClF4N5O5. The number of amides is 2. The first-order valence-corrected chi connectivity index (χ1v) is 18.1. The van der Waals surface area contributed by atoms with E-state index in [1.165, 1.54) is 67.7 Å². The highest BCUT2D eigenvalue weighted by Crippen LogP contribution is 2.40. The van der Waals surface area contributed by atoms with E-state index < -0.39 is 59.2 Å². The number of morpholine rings is 1. The quantitative estimate of drug-likeness (QED) is 0.162. The standard InChI is InChI=1S/C39H44ClF4N5O5/c1-6-38(7-2)35(50)32(36(51)46-29-11-10-26(40)21-27(29)30-22-28(39(43,44)8-3)24(4)13-14-45-30)37(52)49(47(38)5)23-25-9-12-31(34(42)33(25)41)54-20-17-48-15-18-53-19-16-48/h9-14,21-22,50H,4,6-8,15-20,23H2,1-3,5H3,(H,46,51). The molecule has 0 aromatic heterocycles. The number of nitrogens with zero attached hydrogens (tertiary/aromatic N) is 4. The van der Waals surface area contributed by atoms with Crippen LogP contribution in [-0.2, 0) is 20.9 Å². The molecule has 15 heteroatoms. The van der Waals surface area contributed by atoms with Crippen LogP contribution in [0.5, 0.6) is 5.75 Å². The number of nitrogens with one attached hydrogen (secondary N) is 1. The van der Waals surface area contributed by atoms with E-state index in [1.54, 1.807) is 13.8 Å². The highest BCUT2D eigenvalue weighted by atomic mass is 35.5. The number of hydrazine groups is 1. The van der Waals surface area contributed by atoms with Gasteiger partial charge in [0, 0.05) is 61.0 Å². The highest BCUT2D eigenvalue weighted by molar-refractivity contribution is 6.32. The molecular weight excluding hydrogens is 730 g/mol. The molecule has 1 fully saturated rings. The minimum atomic E-state index is -3.24. The Morgan fingerprint density at radius 1 is 1.13 bits per heavy atom. The van der Waals surface area contributed by atoms with E-state index in [2.05, 4.69) is 21.8 Å². The number of likely N-dealkylation sites (N-methyl/N-ethyl adjacent to an activating group) is 1. The Bertz CT molecular complexity index is 1920. The lowest BCUT2D eigenvalue weighted by molar-refractivity contribution is -0.164. The number of aliphatic imine (C=N–C) groups is 1. The summed E-state index contributed by atoms with van der Waals surface area (Å²) in [6.45, 7) is 11.3. The van der Waals surface area contributed by atoms with Crippen molar-refractivity contribution < 1.29 is 41.7 Å². The van der Waals surface area contributed by atoms with Gasteiger partial charge in [0.15, 0.2) is 11.6 Å². The molecule has 3 aliphatic rings. The Labute approximate surface area is 317 Å². The number of alkyl halides is 2. The van der Waals surface area contributed by atoms with Crippen LogP contribution >= 0.6 is 11.6 Å². The first-order valence-electron chi connectivity index (χ1n) is 17.7. The van der Waals surface area contributed by atoms with E-state index in [1.807, 2.05) is 0 Å². The van der Waals surface area contributed by atoms with Gasteiger partial charge in [-0.3, -0.25) is 24.5 Å². The van der Waals surface area contributed by atoms with E-state index in [-0.39, 0.29) is 63.9 Å². The van der Waals surface area contributed by atoms with Gasteiger partial charge >= 0.3 is 0 Å². The predicted octanol–water partition coefficient (Wildman–Crippen LogP) is 7.37. The van der Waals surface area contributed by atoms with Crippen LogP contribution in [0.25, 0.3) is 0 Å². The summed E-state index contributed by atoms with van der Waals surface area (Å²) in [6, 6.07) is 6.88. The molecule has 0 aliphatic carbocycles. The van der Waals surface area contributed by atoms with Crippen molar-refractivity contribution in [2.24, 2.45) is 4.99 Å². The van der Waals surface area contributed by atoms with Crippen molar-refractivity contribution in [3.05, 3.63) is 106 Å². The van der Waals surface area contributed by atoms with Crippen LogP contribution in [0, 0.1) is 11.6 Å². The van der Waals surface area contributed by atoms with Crippen molar-refractivity contribution in [2.45, 2.75) is 58.0 Å². The number of aliphatic hydroxyl groups is 1. The fourth-order valence-electron chi connectivity index (χ4n) is 6.75. The molecule has 5 rings (SSSR count). The highest BCUT2D eigenvalue weighted by Gasteiger charge is 2.50. The number of benzene rings is 2. The lowest BCUT2D eigenvalue weighted by Gasteiger charge is -2.49. The molecule has 10 nitrogen and oxygen atoms in total. The maximum Gasteiger partial charge on any atom is 0.277 e. The molecule has 0 bridgehead atoms. The number of rotatable bonds is 13. The number of ether oxygens (including phenoxy) is 2. The van der Waals surface area contributed by atoms with Gasteiger partial charge in [-0.1, -0.05) is 45.0 Å². The number of hydrogen-bond donors (Lipinski definition) is 2. The maximum absolute atomic E-state index is 15.6. The Balaban J connectivity index is 1.45. The molecule has 2 aromatic carbocycles. The summed E-state index contributed by atoms with van der Waals surface area (Å²) in [5, 5.41) is 17.0. The number of halogens is 5. The molecule has 54 heavy (non-hydrogen) atoms. The average molecular weight is 774 g/mol. The summed E-state index contributed by atoms with van der Waals surface area (Å²) in [4.78, 5) is 34.7. The Morgan fingerprint density at radius 3 is 2.50 bits per heavy atom. The Kier molecular flexibility index (Phi) is 12.7. The lowest BCUT2D eigenvalue weighted by atomic mass is 9.84. The van der Waals surface area contributed by atoms with Crippen molar-refractivity contribution in [2.75, 3.05) is 51.8 Å². The molecule has 3 aliphatic heterocycles. The molecule has 290 valence electrons. The van der Waals surface area contributed by atoms with E-state index in [9.17, 15) is 23.5 Å². The smallest absolute Gasteiger partial charge is 0.277 e. The third kappa shape index (κ3) is 8.12. The van der Waals surface area contributed by atoms with E-state index in [4.69, 9.17) is 21.1 Å².